The molecule has 3 saturated carbocycles. The van der Waals surface area contributed by atoms with Crippen molar-refractivity contribution in [3.05, 3.63) is 11.6 Å². The summed E-state index contributed by atoms with van der Waals surface area (Å²) >= 11 is 0. The highest BCUT2D eigenvalue weighted by molar-refractivity contribution is 5.91. The number of carbonyl (C=O) groups is 3. The summed E-state index contributed by atoms with van der Waals surface area (Å²) in [6.45, 7) is 8.99. The lowest BCUT2D eigenvalue weighted by atomic mass is 9.46. The molecule has 35 heavy (non-hydrogen) atoms. The third-order valence-electron chi connectivity index (χ3n) is 10.1. The highest BCUT2D eigenvalue weighted by Gasteiger charge is 2.67. The maximum Gasteiger partial charge on any atom is 0.303 e. The lowest BCUT2D eigenvalue weighted by molar-refractivity contribution is -0.234. The Morgan fingerprint density at radius 2 is 1.74 bits per heavy atom. The molecule has 0 aliphatic heterocycles. The molecule has 196 valence electrons. The van der Waals surface area contributed by atoms with Crippen molar-refractivity contribution in [2.75, 3.05) is 13.7 Å². The van der Waals surface area contributed by atoms with Crippen LogP contribution in [0.5, 0.6) is 0 Å². The number of hydrogen-bond acceptors (Lipinski definition) is 7. The number of ketones is 1. The summed E-state index contributed by atoms with van der Waals surface area (Å²) < 4.78 is 22.6. The predicted octanol–water partition coefficient (Wildman–Crippen LogP) is 4.76. The molecule has 0 aromatic carbocycles. The fraction of sp³-hybridized carbons (Fsp3) is 0.821. The second-order valence-electron chi connectivity index (χ2n) is 11.7. The Morgan fingerprint density at radius 1 is 1.03 bits per heavy atom. The van der Waals surface area contributed by atoms with Crippen molar-refractivity contribution in [1.82, 2.24) is 0 Å². The van der Waals surface area contributed by atoms with Crippen LogP contribution in [0.25, 0.3) is 0 Å². The average Bonchev–Trinajstić information content (AvgIpc) is 3.10. The van der Waals surface area contributed by atoms with E-state index in [1.807, 2.05) is 6.92 Å². The lowest BCUT2D eigenvalue weighted by Gasteiger charge is -2.59. The molecular weight excluding hydrogens is 448 g/mol. The minimum absolute atomic E-state index is 0.0146. The van der Waals surface area contributed by atoms with Crippen molar-refractivity contribution in [2.45, 2.75) is 104 Å². The van der Waals surface area contributed by atoms with Crippen LogP contribution in [0.2, 0.25) is 0 Å². The van der Waals surface area contributed by atoms with Gasteiger partial charge in [-0.15, -0.1) is 0 Å². The largest absolute Gasteiger partial charge is 0.462 e. The highest BCUT2D eigenvalue weighted by Crippen LogP contribution is 2.68. The Hall–Kier alpha value is -1.73. The number of methoxy groups -OCH3 is 1. The van der Waals surface area contributed by atoms with Gasteiger partial charge in [-0.3, -0.25) is 14.4 Å². The van der Waals surface area contributed by atoms with Crippen LogP contribution in [-0.4, -0.2) is 49.4 Å². The van der Waals surface area contributed by atoms with Gasteiger partial charge in [0.2, 0.25) is 5.78 Å². The summed E-state index contributed by atoms with van der Waals surface area (Å²) in [6, 6.07) is 0. The Labute approximate surface area is 209 Å². The summed E-state index contributed by atoms with van der Waals surface area (Å²) in [5.41, 5.74) is 0.175. The summed E-state index contributed by atoms with van der Waals surface area (Å²) in [7, 11) is 1.58. The number of rotatable bonds is 7. The van der Waals surface area contributed by atoms with E-state index in [0.29, 0.717) is 24.2 Å². The van der Waals surface area contributed by atoms with Gasteiger partial charge in [0.25, 0.3) is 0 Å². The van der Waals surface area contributed by atoms with E-state index in [9.17, 15) is 14.4 Å². The van der Waals surface area contributed by atoms with E-state index in [0.717, 1.165) is 44.9 Å². The van der Waals surface area contributed by atoms with Crippen LogP contribution < -0.4 is 0 Å². The number of fused-ring (bicyclic) bond motifs is 5. The Morgan fingerprint density at radius 3 is 2.40 bits per heavy atom. The Balaban J connectivity index is 1.62. The molecule has 0 saturated heterocycles. The topological polar surface area (TPSA) is 88.1 Å². The van der Waals surface area contributed by atoms with Gasteiger partial charge in [-0.25, -0.2) is 0 Å². The van der Waals surface area contributed by atoms with E-state index in [1.165, 1.54) is 19.4 Å². The fourth-order valence-electron chi connectivity index (χ4n) is 8.29. The molecule has 0 N–H and O–H groups in total. The molecule has 4 aliphatic carbocycles. The zero-order valence-corrected chi connectivity index (χ0v) is 22.2. The SMILES string of the molecule is COC(C)O[C@]1(C(=O)COC(C)=O)CC[C@H]2[C@@H]3CC=C4CC(OC(C)=O)CC[C@]4(C)[C@H]3CC[C@@]21C. The van der Waals surface area contributed by atoms with Crippen molar-refractivity contribution < 1.29 is 33.3 Å². The van der Waals surface area contributed by atoms with Gasteiger partial charge >= 0.3 is 11.9 Å². The molecule has 0 spiro atoms. The quantitative estimate of drug-likeness (QED) is 0.289. The van der Waals surface area contributed by atoms with E-state index in [2.05, 4.69) is 19.9 Å². The summed E-state index contributed by atoms with van der Waals surface area (Å²) in [5, 5.41) is 0. The van der Waals surface area contributed by atoms with Crippen molar-refractivity contribution in [2.24, 2.45) is 28.6 Å². The van der Waals surface area contributed by atoms with E-state index >= 15 is 0 Å². The highest BCUT2D eigenvalue weighted by atomic mass is 16.7. The van der Waals surface area contributed by atoms with Crippen LogP contribution in [0.15, 0.2) is 11.6 Å². The fourth-order valence-corrected chi connectivity index (χ4v) is 8.29. The third kappa shape index (κ3) is 4.37. The third-order valence-corrected chi connectivity index (χ3v) is 10.1. The Kier molecular flexibility index (Phi) is 7.24. The van der Waals surface area contributed by atoms with Crippen molar-refractivity contribution in [3.8, 4) is 0 Å². The molecule has 2 unspecified atom stereocenters. The zero-order valence-electron chi connectivity index (χ0n) is 22.2. The minimum Gasteiger partial charge on any atom is -0.462 e. The number of ether oxygens (including phenoxy) is 4. The number of hydrogen-bond donors (Lipinski definition) is 0. The standard InChI is InChI=1S/C28H42O7/c1-17(29)33-16-25(31)28(35-19(3)32-6)14-11-24-22-8-7-20-15-21(34-18(2)30)9-12-26(20,4)23(22)10-13-27(24,28)5/h7,19,21-24H,8-16H2,1-6H3/t19?,21?,22-,23+,24+,26+,27+,28+/m1/s1. The number of Topliss-reactive ketones (excluding diaryl/α,β-unsaturated/α-hetero) is 1. The van der Waals surface area contributed by atoms with E-state index < -0.39 is 17.9 Å². The normalized spacial score (nSPS) is 41.0. The van der Waals surface area contributed by atoms with Crippen molar-refractivity contribution in [1.29, 1.82) is 0 Å². The van der Waals surface area contributed by atoms with E-state index in [4.69, 9.17) is 18.9 Å². The summed E-state index contributed by atoms with van der Waals surface area (Å²) in [6.07, 6.45) is 9.04. The lowest BCUT2D eigenvalue weighted by Crippen LogP contribution is -2.60. The van der Waals surface area contributed by atoms with Crippen LogP contribution in [0.1, 0.15) is 86.0 Å². The molecule has 0 heterocycles. The van der Waals surface area contributed by atoms with Gasteiger partial charge < -0.3 is 18.9 Å². The van der Waals surface area contributed by atoms with E-state index in [-0.39, 0.29) is 35.3 Å². The van der Waals surface area contributed by atoms with Crippen LogP contribution in [0.3, 0.4) is 0 Å². The smallest absolute Gasteiger partial charge is 0.303 e. The van der Waals surface area contributed by atoms with Gasteiger partial charge in [0.1, 0.15) is 11.7 Å². The van der Waals surface area contributed by atoms with Crippen LogP contribution >= 0.6 is 0 Å². The van der Waals surface area contributed by atoms with Crippen molar-refractivity contribution in [3.63, 3.8) is 0 Å². The summed E-state index contributed by atoms with van der Waals surface area (Å²) in [4.78, 5) is 36.6. The molecule has 7 heteroatoms. The van der Waals surface area contributed by atoms with Crippen molar-refractivity contribution >= 4 is 17.7 Å². The molecule has 0 radical (unpaired) electrons. The number of esters is 2. The summed E-state index contributed by atoms with van der Waals surface area (Å²) in [5.74, 6) is 0.537. The van der Waals surface area contributed by atoms with Gasteiger partial charge in [0.05, 0.1) is 0 Å². The molecule has 4 rings (SSSR count). The van der Waals surface area contributed by atoms with Crippen LogP contribution in [0, 0.1) is 28.6 Å². The molecular formula is C28H42O7. The zero-order chi connectivity index (χ0) is 25.6. The molecule has 0 bridgehead atoms. The maximum atomic E-state index is 13.6. The van der Waals surface area contributed by atoms with Crippen LogP contribution in [0.4, 0.5) is 0 Å². The average molecular weight is 491 g/mol. The number of carbonyl (C=O) groups excluding carboxylic acids is 3. The molecule has 8 atom stereocenters. The minimum atomic E-state index is -1.02. The monoisotopic (exact) mass is 490 g/mol. The van der Waals surface area contributed by atoms with Gasteiger partial charge in [0.15, 0.2) is 12.9 Å². The molecule has 4 aliphatic rings. The van der Waals surface area contributed by atoms with Crippen LogP contribution in [-0.2, 0) is 33.3 Å². The molecule has 7 nitrogen and oxygen atoms in total. The van der Waals surface area contributed by atoms with Gasteiger partial charge in [-0.05, 0) is 75.0 Å². The second kappa shape index (κ2) is 9.62. The Bertz CT molecular complexity index is 896. The molecule has 0 amide bonds. The van der Waals surface area contributed by atoms with Gasteiger partial charge in [-0.1, -0.05) is 25.5 Å². The first-order valence-corrected chi connectivity index (χ1v) is 13.2. The second-order valence-corrected chi connectivity index (χ2v) is 11.7. The molecule has 0 aromatic heterocycles. The first-order chi connectivity index (χ1) is 16.5. The predicted molar refractivity (Wildman–Crippen MR) is 129 cm³/mol. The first kappa shape index (κ1) is 26.3. The maximum absolute atomic E-state index is 13.6. The van der Waals surface area contributed by atoms with E-state index in [1.54, 1.807) is 7.11 Å². The first-order valence-electron chi connectivity index (χ1n) is 13.2. The molecule has 3 fully saturated rings. The molecule has 0 aromatic rings. The number of allylic oxidation sites excluding steroid dienone is 1. The van der Waals surface area contributed by atoms with Gasteiger partial charge in [-0.2, -0.15) is 0 Å². The van der Waals surface area contributed by atoms with Gasteiger partial charge in [0, 0.05) is 32.8 Å².